The summed E-state index contributed by atoms with van der Waals surface area (Å²) >= 11 is 0. The fourth-order valence-electron chi connectivity index (χ4n) is 2.67. The number of alkyl halides is 2. The zero-order valence-corrected chi connectivity index (χ0v) is 12.4. The van der Waals surface area contributed by atoms with Crippen LogP contribution >= 0.6 is 0 Å². The number of ether oxygens (including phenoxy) is 2. The Morgan fingerprint density at radius 3 is 2.82 bits per heavy atom. The first-order chi connectivity index (χ1) is 10.4. The van der Waals surface area contributed by atoms with Crippen molar-refractivity contribution in [1.82, 2.24) is 14.7 Å². The van der Waals surface area contributed by atoms with Crippen LogP contribution in [0.4, 0.5) is 8.78 Å². The van der Waals surface area contributed by atoms with E-state index in [1.54, 1.807) is 15.6 Å². The standard InChI is InChI=1S/C14H19F2N3O3/c1-14(15,16)9-22-10-2-4-18(5-3-10)13(20)11-8-12-19(17-11)6-7-21-12/h8,10H,2-7,9H2,1H3. The number of amides is 1. The molecule has 0 radical (unpaired) electrons. The van der Waals surface area contributed by atoms with E-state index >= 15 is 0 Å². The van der Waals surface area contributed by atoms with Gasteiger partial charge in [-0.2, -0.15) is 5.10 Å². The van der Waals surface area contributed by atoms with Gasteiger partial charge in [-0.1, -0.05) is 0 Å². The summed E-state index contributed by atoms with van der Waals surface area (Å²) in [6, 6.07) is 1.65. The zero-order chi connectivity index (χ0) is 15.7. The smallest absolute Gasteiger partial charge is 0.274 e. The first-order valence-electron chi connectivity index (χ1n) is 7.42. The fourth-order valence-corrected chi connectivity index (χ4v) is 2.67. The molecule has 0 atom stereocenters. The van der Waals surface area contributed by atoms with Crippen LogP contribution in [0.2, 0.25) is 0 Å². The third-order valence-electron chi connectivity index (χ3n) is 3.82. The van der Waals surface area contributed by atoms with Crippen LogP contribution in [0.1, 0.15) is 30.3 Å². The van der Waals surface area contributed by atoms with Crippen molar-refractivity contribution in [2.75, 3.05) is 26.3 Å². The number of rotatable bonds is 4. The van der Waals surface area contributed by atoms with Crippen LogP contribution in [-0.2, 0) is 11.3 Å². The molecule has 0 saturated carbocycles. The molecule has 2 aliphatic heterocycles. The lowest BCUT2D eigenvalue weighted by molar-refractivity contribution is -0.0968. The van der Waals surface area contributed by atoms with Crippen LogP contribution in [0.3, 0.4) is 0 Å². The van der Waals surface area contributed by atoms with Gasteiger partial charge in [-0.25, -0.2) is 13.5 Å². The van der Waals surface area contributed by atoms with E-state index in [9.17, 15) is 13.6 Å². The van der Waals surface area contributed by atoms with Crippen LogP contribution in [0.5, 0.6) is 5.88 Å². The Kier molecular flexibility index (Phi) is 4.03. The first kappa shape index (κ1) is 15.2. The highest BCUT2D eigenvalue weighted by molar-refractivity contribution is 5.92. The van der Waals surface area contributed by atoms with Crippen LogP contribution in [0, 0.1) is 0 Å². The van der Waals surface area contributed by atoms with E-state index in [0.29, 0.717) is 50.7 Å². The van der Waals surface area contributed by atoms with E-state index in [1.807, 2.05) is 0 Å². The second-order valence-corrected chi connectivity index (χ2v) is 5.81. The molecule has 2 aliphatic rings. The predicted octanol–water partition coefficient (Wildman–Crippen LogP) is 1.55. The minimum Gasteiger partial charge on any atom is -0.476 e. The third-order valence-corrected chi connectivity index (χ3v) is 3.82. The minimum atomic E-state index is -2.82. The molecule has 3 heterocycles. The molecule has 1 saturated heterocycles. The summed E-state index contributed by atoms with van der Waals surface area (Å²) in [5.74, 6) is -2.35. The quantitative estimate of drug-likeness (QED) is 0.846. The average molecular weight is 315 g/mol. The molecule has 1 aromatic heterocycles. The Hall–Kier alpha value is -1.70. The molecule has 8 heteroatoms. The second-order valence-electron chi connectivity index (χ2n) is 5.81. The number of piperidine rings is 1. The van der Waals surface area contributed by atoms with Crippen LogP contribution in [0.25, 0.3) is 0 Å². The van der Waals surface area contributed by atoms with Gasteiger partial charge in [0, 0.05) is 26.1 Å². The van der Waals surface area contributed by atoms with Gasteiger partial charge in [0.05, 0.1) is 12.6 Å². The zero-order valence-electron chi connectivity index (χ0n) is 12.4. The Morgan fingerprint density at radius 1 is 1.45 bits per heavy atom. The number of carbonyl (C=O) groups excluding carboxylic acids is 1. The molecule has 0 bridgehead atoms. The molecule has 0 unspecified atom stereocenters. The van der Waals surface area contributed by atoms with E-state index in [2.05, 4.69) is 5.10 Å². The Bertz CT molecular complexity index is 527. The van der Waals surface area contributed by atoms with Gasteiger partial charge >= 0.3 is 0 Å². The summed E-state index contributed by atoms with van der Waals surface area (Å²) in [5, 5.41) is 4.22. The monoisotopic (exact) mass is 315 g/mol. The van der Waals surface area contributed by atoms with Gasteiger partial charge in [-0.3, -0.25) is 4.79 Å². The maximum atomic E-state index is 12.8. The van der Waals surface area contributed by atoms with Crippen LogP contribution < -0.4 is 4.74 Å². The van der Waals surface area contributed by atoms with Crippen molar-refractivity contribution in [3.63, 3.8) is 0 Å². The molecular weight excluding hydrogens is 296 g/mol. The van der Waals surface area contributed by atoms with E-state index in [1.165, 1.54) is 0 Å². The van der Waals surface area contributed by atoms with Gasteiger partial charge in [0.25, 0.3) is 11.8 Å². The lowest BCUT2D eigenvalue weighted by atomic mass is 10.1. The average Bonchev–Trinajstić information content (AvgIpc) is 3.05. The number of hydrogen-bond donors (Lipinski definition) is 0. The summed E-state index contributed by atoms with van der Waals surface area (Å²) in [4.78, 5) is 14.0. The van der Waals surface area contributed by atoms with Gasteiger partial charge in [0.15, 0.2) is 5.69 Å². The van der Waals surface area contributed by atoms with Gasteiger partial charge in [0.2, 0.25) is 5.88 Å². The Labute approximate surface area is 127 Å². The van der Waals surface area contributed by atoms with Crippen molar-refractivity contribution in [3.05, 3.63) is 11.8 Å². The first-order valence-corrected chi connectivity index (χ1v) is 7.42. The van der Waals surface area contributed by atoms with Crippen molar-refractivity contribution < 1.29 is 23.0 Å². The van der Waals surface area contributed by atoms with Crippen LogP contribution in [0.15, 0.2) is 6.07 Å². The number of fused-ring (bicyclic) bond motifs is 1. The van der Waals surface area contributed by atoms with Crippen molar-refractivity contribution in [2.24, 2.45) is 0 Å². The normalized spacial score (nSPS) is 19.1. The van der Waals surface area contributed by atoms with Crippen molar-refractivity contribution >= 4 is 5.91 Å². The molecule has 0 aliphatic carbocycles. The van der Waals surface area contributed by atoms with Gasteiger partial charge in [-0.05, 0) is 12.8 Å². The summed E-state index contributed by atoms with van der Waals surface area (Å²) in [6.45, 7) is 2.48. The maximum Gasteiger partial charge on any atom is 0.274 e. The summed E-state index contributed by atoms with van der Waals surface area (Å²) < 4.78 is 37.8. The number of carbonyl (C=O) groups is 1. The molecule has 0 spiro atoms. The van der Waals surface area contributed by atoms with Crippen molar-refractivity contribution in [3.8, 4) is 5.88 Å². The van der Waals surface area contributed by atoms with E-state index < -0.39 is 12.5 Å². The Morgan fingerprint density at radius 2 is 2.18 bits per heavy atom. The highest BCUT2D eigenvalue weighted by Crippen LogP contribution is 2.22. The Balaban J connectivity index is 1.51. The summed E-state index contributed by atoms with van der Waals surface area (Å²) in [5.41, 5.74) is 0.370. The summed E-state index contributed by atoms with van der Waals surface area (Å²) in [6.07, 6.45) is 0.905. The molecule has 1 fully saturated rings. The molecule has 122 valence electrons. The van der Waals surface area contributed by atoms with Gasteiger partial charge in [-0.15, -0.1) is 0 Å². The number of likely N-dealkylation sites (tertiary alicyclic amines) is 1. The predicted molar refractivity (Wildman–Crippen MR) is 73.2 cm³/mol. The van der Waals surface area contributed by atoms with E-state index in [4.69, 9.17) is 9.47 Å². The minimum absolute atomic E-state index is 0.148. The van der Waals surface area contributed by atoms with Crippen LogP contribution in [-0.4, -0.2) is 58.9 Å². The highest BCUT2D eigenvalue weighted by atomic mass is 19.3. The number of hydrogen-bond acceptors (Lipinski definition) is 4. The molecule has 1 aromatic rings. The number of nitrogens with zero attached hydrogens (tertiary/aromatic N) is 3. The molecular formula is C14H19F2N3O3. The molecule has 0 aromatic carbocycles. The van der Waals surface area contributed by atoms with Gasteiger partial charge in [0.1, 0.15) is 13.2 Å². The largest absolute Gasteiger partial charge is 0.476 e. The van der Waals surface area contributed by atoms with Gasteiger partial charge < -0.3 is 14.4 Å². The highest BCUT2D eigenvalue weighted by Gasteiger charge is 2.29. The number of aromatic nitrogens is 2. The molecule has 22 heavy (non-hydrogen) atoms. The van der Waals surface area contributed by atoms with E-state index in [0.717, 1.165) is 6.92 Å². The lowest BCUT2D eigenvalue weighted by Gasteiger charge is -2.32. The van der Waals surface area contributed by atoms with E-state index in [-0.39, 0.29) is 12.0 Å². The molecule has 3 rings (SSSR count). The number of halogens is 2. The fraction of sp³-hybridized carbons (Fsp3) is 0.714. The molecule has 6 nitrogen and oxygen atoms in total. The molecule has 1 amide bonds. The van der Waals surface area contributed by atoms with Crippen molar-refractivity contribution in [1.29, 1.82) is 0 Å². The summed E-state index contributed by atoms with van der Waals surface area (Å²) in [7, 11) is 0. The molecule has 0 N–H and O–H groups in total. The maximum absolute atomic E-state index is 12.8. The SMILES string of the molecule is CC(F)(F)COC1CCN(C(=O)c2cc3n(n2)CCO3)CC1. The topological polar surface area (TPSA) is 56.6 Å². The second kappa shape index (κ2) is 5.83. The third kappa shape index (κ3) is 3.37. The van der Waals surface area contributed by atoms with Crippen molar-refractivity contribution in [2.45, 2.75) is 38.3 Å². The lowest BCUT2D eigenvalue weighted by Crippen LogP contribution is -2.41.